The highest BCUT2D eigenvalue weighted by molar-refractivity contribution is 5.95. The molecule has 142 valence electrons. The van der Waals surface area contributed by atoms with Crippen LogP contribution in [0.2, 0.25) is 0 Å². The summed E-state index contributed by atoms with van der Waals surface area (Å²) in [7, 11) is 0. The van der Waals surface area contributed by atoms with Crippen LogP contribution in [0, 0.1) is 0 Å². The minimum Gasteiger partial charge on any atom is -0.484 e. The molecule has 9 heteroatoms. The van der Waals surface area contributed by atoms with Crippen LogP contribution < -0.4 is 20.3 Å². The fourth-order valence-corrected chi connectivity index (χ4v) is 2.53. The molecule has 6 nitrogen and oxygen atoms in total. The third-order valence-electron chi connectivity index (χ3n) is 3.87. The summed E-state index contributed by atoms with van der Waals surface area (Å²) in [6, 6.07) is 10.6. The molecule has 0 aliphatic carbocycles. The Morgan fingerprint density at radius 1 is 1.11 bits per heavy atom. The second-order valence-electron chi connectivity index (χ2n) is 5.79. The number of anilines is 2. The van der Waals surface area contributed by atoms with E-state index in [4.69, 9.17) is 4.74 Å². The van der Waals surface area contributed by atoms with Gasteiger partial charge in [-0.2, -0.15) is 13.2 Å². The Morgan fingerprint density at radius 2 is 1.78 bits per heavy atom. The van der Waals surface area contributed by atoms with Crippen LogP contribution in [0.3, 0.4) is 0 Å². The maximum atomic E-state index is 12.5. The lowest BCUT2D eigenvalue weighted by molar-refractivity contribution is -0.137. The number of nitrogens with one attached hydrogen (secondary N) is 2. The second-order valence-corrected chi connectivity index (χ2v) is 5.79. The molecule has 1 heterocycles. The van der Waals surface area contributed by atoms with E-state index >= 15 is 0 Å². The third kappa shape index (κ3) is 4.69. The molecule has 1 saturated heterocycles. The normalized spacial score (nSPS) is 14.0. The van der Waals surface area contributed by atoms with E-state index in [-0.39, 0.29) is 18.4 Å². The van der Waals surface area contributed by atoms with Crippen molar-refractivity contribution in [1.29, 1.82) is 0 Å². The Morgan fingerprint density at radius 3 is 2.33 bits per heavy atom. The molecule has 1 aliphatic heterocycles. The zero-order chi connectivity index (χ0) is 19.4. The average Bonchev–Trinajstić information content (AvgIpc) is 3.06. The minimum absolute atomic E-state index is 0.161. The summed E-state index contributed by atoms with van der Waals surface area (Å²) >= 11 is 0. The summed E-state index contributed by atoms with van der Waals surface area (Å²) < 4.78 is 42.7. The number of nitrogens with zero attached hydrogens (tertiary/aromatic N) is 1. The highest BCUT2D eigenvalue weighted by Gasteiger charge is 2.30. The first-order chi connectivity index (χ1) is 12.8. The van der Waals surface area contributed by atoms with E-state index in [0.717, 1.165) is 24.3 Å². The lowest BCUT2D eigenvalue weighted by Crippen LogP contribution is -2.27. The van der Waals surface area contributed by atoms with Crippen molar-refractivity contribution < 1.29 is 27.5 Å². The third-order valence-corrected chi connectivity index (χ3v) is 3.87. The number of hydrogen-bond donors (Lipinski definition) is 2. The fraction of sp³-hybridized carbons (Fsp3) is 0.222. The zero-order valence-electron chi connectivity index (χ0n) is 14.0. The van der Waals surface area contributed by atoms with Gasteiger partial charge >= 0.3 is 12.2 Å². The molecule has 0 aromatic heterocycles. The Kier molecular flexibility index (Phi) is 5.20. The van der Waals surface area contributed by atoms with E-state index in [0.29, 0.717) is 24.5 Å². The SMILES string of the molecule is O=C(COc1ccc(C(F)(F)F)cc1)Nc1ccc(N2CCNC2=O)cc1. The highest BCUT2D eigenvalue weighted by atomic mass is 19.4. The molecule has 0 radical (unpaired) electrons. The Bertz CT molecular complexity index is 820. The van der Waals surface area contributed by atoms with Crippen LogP contribution in [0.4, 0.5) is 29.3 Å². The monoisotopic (exact) mass is 379 g/mol. The Hall–Kier alpha value is -3.23. The van der Waals surface area contributed by atoms with Gasteiger partial charge in [0, 0.05) is 24.5 Å². The van der Waals surface area contributed by atoms with Crippen molar-refractivity contribution in [2.75, 3.05) is 29.9 Å². The summed E-state index contributed by atoms with van der Waals surface area (Å²) in [6.07, 6.45) is -4.42. The molecule has 3 amide bonds. The van der Waals surface area contributed by atoms with E-state index in [9.17, 15) is 22.8 Å². The molecule has 2 N–H and O–H groups in total. The Balaban J connectivity index is 1.51. The van der Waals surface area contributed by atoms with Crippen molar-refractivity contribution in [1.82, 2.24) is 5.32 Å². The van der Waals surface area contributed by atoms with Gasteiger partial charge in [0.05, 0.1) is 5.56 Å². The molecular weight excluding hydrogens is 363 g/mol. The van der Waals surface area contributed by atoms with Crippen molar-refractivity contribution in [2.45, 2.75) is 6.18 Å². The molecule has 2 aromatic carbocycles. The van der Waals surface area contributed by atoms with Gasteiger partial charge in [0.1, 0.15) is 5.75 Å². The van der Waals surface area contributed by atoms with E-state index in [2.05, 4.69) is 10.6 Å². The van der Waals surface area contributed by atoms with Gasteiger partial charge in [-0.25, -0.2) is 4.79 Å². The van der Waals surface area contributed by atoms with Crippen molar-refractivity contribution in [2.24, 2.45) is 0 Å². The topological polar surface area (TPSA) is 70.7 Å². The quantitative estimate of drug-likeness (QED) is 0.838. The number of carbonyl (C=O) groups is 2. The number of alkyl halides is 3. The maximum absolute atomic E-state index is 12.5. The molecule has 0 unspecified atom stereocenters. The van der Waals surface area contributed by atoms with Gasteiger partial charge in [-0.1, -0.05) is 0 Å². The van der Waals surface area contributed by atoms with E-state index in [1.54, 1.807) is 29.2 Å². The first-order valence-corrected chi connectivity index (χ1v) is 8.08. The molecule has 0 saturated carbocycles. The summed E-state index contributed by atoms with van der Waals surface area (Å²) in [5.41, 5.74) is 0.439. The molecule has 0 spiro atoms. The van der Waals surface area contributed by atoms with E-state index in [1.165, 1.54) is 0 Å². The predicted octanol–water partition coefficient (Wildman–Crippen LogP) is 3.25. The molecule has 1 fully saturated rings. The maximum Gasteiger partial charge on any atom is 0.416 e. The van der Waals surface area contributed by atoms with Crippen LogP contribution in [-0.2, 0) is 11.0 Å². The number of ether oxygens (including phenoxy) is 1. The van der Waals surface area contributed by atoms with Gasteiger partial charge < -0.3 is 15.4 Å². The van der Waals surface area contributed by atoms with Gasteiger partial charge in [-0.3, -0.25) is 9.69 Å². The molecule has 2 aromatic rings. The van der Waals surface area contributed by atoms with Crippen LogP contribution in [0.15, 0.2) is 48.5 Å². The molecule has 0 bridgehead atoms. The van der Waals surface area contributed by atoms with Crippen LogP contribution in [-0.4, -0.2) is 31.6 Å². The number of carbonyl (C=O) groups excluding carboxylic acids is 2. The average molecular weight is 379 g/mol. The van der Waals surface area contributed by atoms with Crippen LogP contribution in [0.25, 0.3) is 0 Å². The number of hydrogen-bond acceptors (Lipinski definition) is 3. The fourth-order valence-electron chi connectivity index (χ4n) is 2.53. The van der Waals surface area contributed by atoms with Gasteiger partial charge in [-0.15, -0.1) is 0 Å². The van der Waals surface area contributed by atoms with Crippen molar-refractivity contribution in [3.63, 3.8) is 0 Å². The van der Waals surface area contributed by atoms with Gasteiger partial charge in [0.25, 0.3) is 5.91 Å². The number of rotatable bonds is 5. The lowest BCUT2D eigenvalue weighted by Gasteiger charge is -2.15. The zero-order valence-corrected chi connectivity index (χ0v) is 14.0. The smallest absolute Gasteiger partial charge is 0.416 e. The lowest BCUT2D eigenvalue weighted by atomic mass is 10.2. The number of benzene rings is 2. The number of amides is 3. The van der Waals surface area contributed by atoms with Gasteiger partial charge in [-0.05, 0) is 48.5 Å². The van der Waals surface area contributed by atoms with Crippen molar-refractivity contribution in [3.05, 3.63) is 54.1 Å². The summed E-state index contributed by atoms with van der Waals surface area (Å²) in [4.78, 5) is 25.1. The molecule has 1 aliphatic rings. The first-order valence-electron chi connectivity index (χ1n) is 8.08. The molecule has 0 atom stereocenters. The minimum atomic E-state index is -4.42. The summed E-state index contributed by atoms with van der Waals surface area (Å²) in [5, 5.41) is 5.31. The summed E-state index contributed by atoms with van der Waals surface area (Å²) in [5.74, 6) is -0.296. The largest absolute Gasteiger partial charge is 0.484 e. The van der Waals surface area contributed by atoms with Crippen molar-refractivity contribution >= 4 is 23.3 Å². The number of halogens is 3. The van der Waals surface area contributed by atoms with Crippen LogP contribution >= 0.6 is 0 Å². The van der Waals surface area contributed by atoms with Gasteiger partial charge in [0.15, 0.2) is 6.61 Å². The standard InChI is InChI=1S/C18H16F3N3O3/c19-18(20,21)12-1-7-15(8-2-12)27-11-16(25)23-13-3-5-14(6-4-13)24-10-9-22-17(24)26/h1-8H,9-11H2,(H,22,26)(H,23,25). The predicted molar refractivity (Wildman–Crippen MR) is 92.8 cm³/mol. The number of urea groups is 1. The van der Waals surface area contributed by atoms with Crippen LogP contribution in [0.5, 0.6) is 5.75 Å². The van der Waals surface area contributed by atoms with Crippen LogP contribution in [0.1, 0.15) is 5.56 Å². The molecule has 3 rings (SSSR count). The highest BCUT2D eigenvalue weighted by Crippen LogP contribution is 2.30. The van der Waals surface area contributed by atoms with E-state index < -0.39 is 17.6 Å². The Labute approximate surface area is 152 Å². The first kappa shape index (κ1) is 18.6. The molecular formula is C18H16F3N3O3. The van der Waals surface area contributed by atoms with E-state index in [1.807, 2.05) is 0 Å². The van der Waals surface area contributed by atoms with Crippen molar-refractivity contribution in [3.8, 4) is 5.75 Å². The van der Waals surface area contributed by atoms with Gasteiger partial charge in [0.2, 0.25) is 0 Å². The molecule has 27 heavy (non-hydrogen) atoms. The summed E-state index contributed by atoms with van der Waals surface area (Å²) in [6.45, 7) is 0.811. The second kappa shape index (κ2) is 7.56.